The molecule has 11 nitrogen and oxygen atoms in total. The number of carbonyl (C=O) groups excluding carboxylic acids is 2. The highest BCUT2D eigenvalue weighted by molar-refractivity contribution is 5.77. The molecule has 0 spiro atoms. The first-order chi connectivity index (χ1) is 11.5. The number of ether oxygens (including phenoxy) is 2. The van der Waals surface area contributed by atoms with Crippen LogP contribution in [-0.4, -0.2) is 87.5 Å². The van der Waals surface area contributed by atoms with Gasteiger partial charge in [-0.2, -0.15) is 4.39 Å². The van der Waals surface area contributed by atoms with Gasteiger partial charge < -0.3 is 41.0 Å². The van der Waals surface area contributed by atoms with E-state index in [1.807, 2.05) is 5.32 Å². The Hall–Kier alpha value is -2.09. The lowest BCUT2D eigenvalue weighted by atomic mass is 9.87. The van der Waals surface area contributed by atoms with Gasteiger partial charge in [0.1, 0.15) is 18.3 Å². The maximum atomic E-state index is 14.4. The number of alkyl halides is 2. The lowest BCUT2D eigenvalue weighted by molar-refractivity contribution is -0.292. The van der Waals surface area contributed by atoms with Gasteiger partial charge in [-0.3, -0.25) is 4.79 Å². The van der Waals surface area contributed by atoms with E-state index in [4.69, 9.17) is 15.9 Å². The fourth-order valence-electron chi connectivity index (χ4n) is 2.38. The van der Waals surface area contributed by atoms with Crippen LogP contribution in [0.1, 0.15) is 6.92 Å². The first kappa shape index (κ1) is 21.0. The number of aliphatic hydroxyl groups excluding tert-OH is 3. The standard InChI is InChI=1S/C12H18F2N2O9/c1-3(18)16-5-6(20)9(13)12(14,10(21)22)25-8(5)7(4(19)2-17)24-11(15)23/h4-9,17,19-20H,2H2,1H3,(H2,15,23)(H,16,18)(H,21,22)/t4-,5?,6?,7-,8?,9?,12?/m1/s1. The van der Waals surface area contributed by atoms with E-state index < -0.39 is 67.1 Å². The van der Waals surface area contributed by atoms with Crippen LogP contribution in [0.25, 0.3) is 0 Å². The van der Waals surface area contributed by atoms with Crippen LogP contribution in [0.4, 0.5) is 13.6 Å². The summed E-state index contributed by atoms with van der Waals surface area (Å²) >= 11 is 0. The molecule has 1 saturated heterocycles. The fraction of sp³-hybridized carbons (Fsp3) is 0.750. The molecule has 0 saturated carbocycles. The van der Waals surface area contributed by atoms with Crippen molar-refractivity contribution in [1.82, 2.24) is 5.32 Å². The number of rotatable bonds is 6. The zero-order chi connectivity index (χ0) is 19.5. The number of amides is 2. The molecule has 0 aromatic carbocycles. The summed E-state index contributed by atoms with van der Waals surface area (Å²) in [5, 5.41) is 39.4. The number of aliphatic hydroxyl groups is 3. The SMILES string of the molecule is CC(=O)NC1C(O)C(F)C(F)(C(=O)O)OC1[C@H](OC(N)=O)[C@H](O)CO. The zero-order valence-corrected chi connectivity index (χ0v) is 12.8. The average molecular weight is 372 g/mol. The van der Waals surface area contributed by atoms with Crippen molar-refractivity contribution in [3.8, 4) is 0 Å². The van der Waals surface area contributed by atoms with Gasteiger partial charge in [-0.05, 0) is 0 Å². The van der Waals surface area contributed by atoms with E-state index in [1.54, 1.807) is 0 Å². The van der Waals surface area contributed by atoms with Gasteiger partial charge in [-0.25, -0.2) is 14.0 Å². The lowest BCUT2D eigenvalue weighted by Gasteiger charge is -2.45. The van der Waals surface area contributed by atoms with Crippen molar-refractivity contribution < 1.29 is 53.1 Å². The van der Waals surface area contributed by atoms with E-state index in [0.717, 1.165) is 6.92 Å². The highest BCUT2D eigenvalue weighted by atomic mass is 19.2. The van der Waals surface area contributed by atoms with Crippen molar-refractivity contribution in [3.05, 3.63) is 0 Å². The molecule has 1 fully saturated rings. The second kappa shape index (κ2) is 7.86. The second-order valence-electron chi connectivity index (χ2n) is 5.30. The highest BCUT2D eigenvalue weighted by Gasteiger charge is 2.63. The normalized spacial score (nSPS) is 34.6. The van der Waals surface area contributed by atoms with Gasteiger partial charge in [-0.15, -0.1) is 0 Å². The number of hydrogen-bond acceptors (Lipinski definition) is 8. The number of hydrogen-bond donors (Lipinski definition) is 6. The van der Waals surface area contributed by atoms with Gasteiger partial charge in [0.15, 0.2) is 12.3 Å². The summed E-state index contributed by atoms with van der Waals surface area (Å²) in [5.41, 5.74) is 4.79. The zero-order valence-electron chi connectivity index (χ0n) is 12.8. The molecule has 13 heteroatoms. The number of aliphatic carboxylic acids is 1. The number of carboxylic acid groups (broad SMARTS) is 1. The van der Waals surface area contributed by atoms with Gasteiger partial charge in [-0.1, -0.05) is 0 Å². The summed E-state index contributed by atoms with van der Waals surface area (Å²) < 4.78 is 37.4. The number of nitrogens with one attached hydrogen (secondary N) is 1. The third-order valence-electron chi connectivity index (χ3n) is 3.49. The van der Waals surface area contributed by atoms with Crippen LogP contribution in [-0.2, 0) is 19.1 Å². The van der Waals surface area contributed by atoms with E-state index in [1.165, 1.54) is 0 Å². The van der Waals surface area contributed by atoms with Crippen LogP contribution in [0.2, 0.25) is 0 Å². The quantitative estimate of drug-likeness (QED) is 0.285. The van der Waals surface area contributed by atoms with Crippen LogP contribution in [0.3, 0.4) is 0 Å². The molecule has 7 atom stereocenters. The summed E-state index contributed by atoms with van der Waals surface area (Å²) in [7, 11) is 0. The number of carboxylic acids is 1. The van der Waals surface area contributed by atoms with Gasteiger partial charge in [0, 0.05) is 6.92 Å². The summed E-state index contributed by atoms with van der Waals surface area (Å²) in [5.74, 6) is -7.38. The Kier molecular flexibility index (Phi) is 6.59. The number of primary amides is 1. The van der Waals surface area contributed by atoms with E-state index in [9.17, 15) is 33.4 Å². The maximum Gasteiger partial charge on any atom is 0.404 e. The number of nitrogens with two attached hydrogens (primary N) is 1. The third-order valence-corrected chi connectivity index (χ3v) is 3.49. The third kappa shape index (κ3) is 4.31. The molecule has 0 bridgehead atoms. The van der Waals surface area contributed by atoms with E-state index in [2.05, 4.69) is 9.47 Å². The average Bonchev–Trinajstić information content (AvgIpc) is 2.51. The van der Waals surface area contributed by atoms with Crippen LogP contribution in [0.15, 0.2) is 0 Å². The van der Waals surface area contributed by atoms with Crippen molar-refractivity contribution in [2.24, 2.45) is 5.73 Å². The summed E-state index contributed by atoms with van der Waals surface area (Å²) in [6, 6.07) is -1.83. The molecule has 0 aromatic rings. The molecule has 1 heterocycles. The van der Waals surface area contributed by atoms with Crippen molar-refractivity contribution in [2.75, 3.05) is 6.61 Å². The summed E-state index contributed by atoms with van der Waals surface area (Å²) in [6.45, 7) is -0.135. The predicted octanol–water partition coefficient (Wildman–Crippen LogP) is -2.84. The molecule has 1 aliphatic heterocycles. The molecule has 2 amide bonds. The Bertz CT molecular complexity index is 519. The smallest absolute Gasteiger partial charge is 0.404 e. The Labute approximate surface area is 139 Å². The van der Waals surface area contributed by atoms with Crippen LogP contribution in [0, 0.1) is 0 Å². The van der Waals surface area contributed by atoms with Crippen molar-refractivity contribution in [3.63, 3.8) is 0 Å². The molecule has 0 radical (unpaired) electrons. The maximum absolute atomic E-state index is 14.4. The molecule has 5 unspecified atom stereocenters. The van der Waals surface area contributed by atoms with E-state index >= 15 is 0 Å². The molecule has 1 aliphatic rings. The number of carbonyl (C=O) groups is 3. The second-order valence-corrected chi connectivity index (χ2v) is 5.30. The van der Waals surface area contributed by atoms with Gasteiger partial charge in [0.05, 0.1) is 12.6 Å². The van der Waals surface area contributed by atoms with Crippen LogP contribution >= 0.6 is 0 Å². The Morgan fingerprint density at radius 1 is 1.44 bits per heavy atom. The Morgan fingerprint density at radius 3 is 2.40 bits per heavy atom. The minimum atomic E-state index is -4.08. The monoisotopic (exact) mass is 372 g/mol. The lowest BCUT2D eigenvalue weighted by Crippen LogP contribution is -2.71. The molecule has 0 aromatic heterocycles. The van der Waals surface area contributed by atoms with Gasteiger partial charge >= 0.3 is 17.9 Å². The molecule has 25 heavy (non-hydrogen) atoms. The minimum Gasteiger partial charge on any atom is -0.477 e. The number of halogens is 2. The van der Waals surface area contributed by atoms with Crippen molar-refractivity contribution in [2.45, 2.75) is 49.4 Å². The van der Waals surface area contributed by atoms with Gasteiger partial charge in [0.2, 0.25) is 5.91 Å². The van der Waals surface area contributed by atoms with Crippen molar-refractivity contribution in [1.29, 1.82) is 0 Å². The summed E-state index contributed by atoms with van der Waals surface area (Å²) in [6.07, 6.45) is -13.2. The molecular formula is C12H18F2N2O9. The summed E-state index contributed by atoms with van der Waals surface area (Å²) in [4.78, 5) is 33.2. The first-order valence-corrected chi connectivity index (χ1v) is 6.90. The molecular weight excluding hydrogens is 354 g/mol. The topological polar surface area (TPSA) is 189 Å². The molecule has 1 rings (SSSR count). The van der Waals surface area contributed by atoms with E-state index in [0.29, 0.717) is 0 Å². The highest BCUT2D eigenvalue weighted by Crippen LogP contribution is 2.36. The Balaban J connectivity index is 3.36. The largest absolute Gasteiger partial charge is 0.477 e. The molecule has 7 N–H and O–H groups in total. The predicted molar refractivity (Wildman–Crippen MR) is 72.4 cm³/mol. The van der Waals surface area contributed by atoms with Crippen molar-refractivity contribution >= 4 is 18.0 Å². The van der Waals surface area contributed by atoms with Gasteiger partial charge in [0.25, 0.3) is 0 Å². The molecule has 144 valence electrons. The van der Waals surface area contributed by atoms with E-state index in [-0.39, 0.29) is 0 Å². The molecule has 0 aliphatic carbocycles. The fourth-order valence-corrected chi connectivity index (χ4v) is 2.38. The van der Waals surface area contributed by atoms with Crippen LogP contribution < -0.4 is 11.1 Å². The Morgan fingerprint density at radius 2 is 2.00 bits per heavy atom. The first-order valence-electron chi connectivity index (χ1n) is 6.90. The van der Waals surface area contributed by atoms with Crippen LogP contribution in [0.5, 0.6) is 0 Å². The minimum absolute atomic E-state index is 0.858.